The Hall–Kier alpha value is -2.18. The number of thiazole rings is 1. The molecule has 1 N–H and O–H groups in total. The number of hydrogen-bond acceptors (Lipinski definition) is 4. The third kappa shape index (κ3) is 3.28. The van der Waals surface area contributed by atoms with Crippen molar-refractivity contribution in [3.8, 4) is 11.1 Å². The smallest absolute Gasteiger partial charge is 0.304 e. The van der Waals surface area contributed by atoms with Crippen LogP contribution in [0.1, 0.15) is 17.3 Å². The molecule has 0 bridgehead atoms. The summed E-state index contributed by atoms with van der Waals surface area (Å²) in [7, 11) is 0. The average Bonchev–Trinajstić information content (AvgIpc) is 2.96. The lowest BCUT2D eigenvalue weighted by atomic mass is 10.0. The second kappa shape index (κ2) is 6.52. The van der Waals surface area contributed by atoms with E-state index in [2.05, 4.69) is 17.6 Å². The summed E-state index contributed by atoms with van der Waals surface area (Å²) in [6.07, 6.45) is -0.303. The van der Waals surface area contributed by atoms with Crippen LogP contribution in [-0.2, 0) is 9.59 Å². The van der Waals surface area contributed by atoms with Gasteiger partial charge in [-0.05, 0) is 11.6 Å². The highest BCUT2D eigenvalue weighted by Gasteiger charge is 2.25. The van der Waals surface area contributed by atoms with Crippen LogP contribution in [-0.4, -0.2) is 21.2 Å². The highest BCUT2D eigenvalue weighted by atomic mass is 32.1. The zero-order valence-corrected chi connectivity index (χ0v) is 13.7. The number of para-hydroxylation sites is 1. The number of fused-ring (bicyclic) bond motifs is 1. The number of carbonyl (C=O) groups excluding carboxylic acids is 1. The molecule has 1 atom stereocenters. The number of nitrogens with zero attached hydrogens (tertiary/aromatic N) is 1. The molecule has 2 aromatic carbocycles. The molecule has 0 spiro atoms. The predicted molar refractivity (Wildman–Crippen MR) is 94.0 cm³/mol. The quantitative estimate of drug-likeness (QED) is 0.688. The number of rotatable bonds is 5. The second-order valence-electron chi connectivity index (χ2n) is 5.06. The van der Waals surface area contributed by atoms with E-state index < -0.39 is 17.0 Å². The van der Waals surface area contributed by atoms with E-state index in [1.807, 2.05) is 48.5 Å². The maximum atomic E-state index is 11.7. The molecule has 0 radical (unpaired) electrons. The van der Waals surface area contributed by atoms with Gasteiger partial charge in [0, 0.05) is 5.56 Å². The van der Waals surface area contributed by atoms with Crippen LogP contribution < -0.4 is 0 Å². The number of carboxylic acid groups (broad SMARTS) is 1. The summed E-state index contributed by atoms with van der Waals surface area (Å²) in [5.74, 6) is -1.86. The van der Waals surface area contributed by atoms with E-state index in [0.29, 0.717) is 5.01 Å². The first-order valence-electron chi connectivity index (χ1n) is 6.95. The number of carboxylic acids is 1. The van der Waals surface area contributed by atoms with Gasteiger partial charge in [0.15, 0.2) is 5.12 Å². The van der Waals surface area contributed by atoms with Gasteiger partial charge in [-0.15, -0.1) is 24.0 Å². The van der Waals surface area contributed by atoms with Crippen LogP contribution in [0.2, 0.25) is 0 Å². The minimum Gasteiger partial charge on any atom is -0.481 e. The first-order valence-corrected chi connectivity index (χ1v) is 8.22. The molecular formula is C17H13NO3S2. The van der Waals surface area contributed by atoms with Crippen molar-refractivity contribution in [2.45, 2.75) is 12.3 Å². The van der Waals surface area contributed by atoms with E-state index in [-0.39, 0.29) is 6.42 Å². The van der Waals surface area contributed by atoms with Crippen molar-refractivity contribution in [3.05, 3.63) is 53.5 Å². The number of carbonyl (C=O) groups is 2. The Morgan fingerprint density at radius 2 is 1.87 bits per heavy atom. The standard InChI is InChI=1S/C17H13NO3S2/c19-14(20)9-12(17(21)22)16-18-15-11(7-4-8-13(15)23-16)10-5-2-1-3-6-10/h1-8,12H,9H2,(H,19,20)(H,21,22). The highest BCUT2D eigenvalue weighted by molar-refractivity contribution is 7.96. The largest absolute Gasteiger partial charge is 0.481 e. The second-order valence-corrected chi connectivity index (χ2v) is 6.56. The van der Waals surface area contributed by atoms with Crippen LogP contribution in [0.4, 0.5) is 0 Å². The van der Waals surface area contributed by atoms with E-state index >= 15 is 0 Å². The summed E-state index contributed by atoms with van der Waals surface area (Å²) in [4.78, 5) is 27.2. The van der Waals surface area contributed by atoms with E-state index in [0.717, 1.165) is 21.3 Å². The lowest BCUT2D eigenvalue weighted by molar-refractivity contribution is -0.138. The first-order chi connectivity index (χ1) is 11.1. The lowest BCUT2D eigenvalue weighted by Crippen LogP contribution is -2.12. The average molecular weight is 343 g/mol. The molecule has 1 unspecified atom stereocenters. The zero-order valence-electron chi connectivity index (χ0n) is 12.0. The Morgan fingerprint density at radius 3 is 2.52 bits per heavy atom. The molecule has 0 aliphatic heterocycles. The Balaban J connectivity index is 2.12. The molecular weight excluding hydrogens is 330 g/mol. The van der Waals surface area contributed by atoms with Gasteiger partial charge >= 0.3 is 5.97 Å². The van der Waals surface area contributed by atoms with Crippen molar-refractivity contribution in [1.29, 1.82) is 0 Å². The van der Waals surface area contributed by atoms with E-state index in [4.69, 9.17) is 5.11 Å². The summed E-state index contributed by atoms with van der Waals surface area (Å²) in [5.41, 5.74) is 2.77. The van der Waals surface area contributed by atoms with Crippen molar-refractivity contribution < 1.29 is 14.7 Å². The Morgan fingerprint density at radius 1 is 1.13 bits per heavy atom. The molecule has 0 saturated heterocycles. The SMILES string of the molecule is O=C(O)CC(C(=O)S)c1nc2c(-c3ccccc3)cccc2s1. The number of thiol groups is 1. The molecule has 4 nitrogen and oxygen atoms in total. The molecule has 1 aromatic heterocycles. The summed E-state index contributed by atoms with van der Waals surface area (Å²) in [6.45, 7) is 0. The van der Waals surface area contributed by atoms with E-state index in [1.54, 1.807) is 0 Å². The lowest BCUT2D eigenvalue weighted by Gasteiger charge is -2.06. The Kier molecular flexibility index (Phi) is 4.45. The fraction of sp³-hybridized carbons (Fsp3) is 0.118. The van der Waals surface area contributed by atoms with Crippen LogP contribution in [0.5, 0.6) is 0 Å². The van der Waals surface area contributed by atoms with Crippen LogP contribution in [0, 0.1) is 0 Å². The van der Waals surface area contributed by atoms with Gasteiger partial charge in [-0.3, -0.25) is 9.59 Å². The number of aromatic nitrogens is 1. The number of benzene rings is 2. The van der Waals surface area contributed by atoms with Gasteiger partial charge in [-0.25, -0.2) is 4.98 Å². The predicted octanol–water partition coefficient (Wildman–Crippen LogP) is 3.98. The molecule has 3 aromatic rings. The van der Waals surface area contributed by atoms with Crippen LogP contribution in [0.15, 0.2) is 48.5 Å². The topological polar surface area (TPSA) is 67.3 Å². The maximum absolute atomic E-state index is 11.7. The molecule has 0 fully saturated rings. The zero-order chi connectivity index (χ0) is 16.4. The van der Waals surface area contributed by atoms with Crippen molar-refractivity contribution in [2.75, 3.05) is 0 Å². The van der Waals surface area contributed by atoms with Crippen molar-refractivity contribution in [1.82, 2.24) is 4.98 Å². The van der Waals surface area contributed by atoms with Gasteiger partial charge < -0.3 is 5.11 Å². The molecule has 0 amide bonds. The monoisotopic (exact) mass is 343 g/mol. The molecule has 116 valence electrons. The fourth-order valence-electron chi connectivity index (χ4n) is 2.42. The van der Waals surface area contributed by atoms with Gasteiger partial charge in [0.25, 0.3) is 0 Å². The summed E-state index contributed by atoms with van der Waals surface area (Å²) in [6, 6.07) is 15.6. The molecule has 6 heteroatoms. The van der Waals surface area contributed by atoms with Gasteiger partial charge in [-0.1, -0.05) is 42.5 Å². The Labute approximate surface area is 142 Å². The van der Waals surface area contributed by atoms with E-state index in [1.165, 1.54) is 11.3 Å². The summed E-state index contributed by atoms with van der Waals surface area (Å²) >= 11 is 5.16. The Bertz CT molecular complexity index is 874. The van der Waals surface area contributed by atoms with Gasteiger partial charge in [0.1, 0.15) is 5.01 Å². The van der Waals surface area contributed by atoms with Crippen LogP contribution in [0.25, 0.3) is 21.3 Å². The number of aliphatic carboxylic acids is 1. The van der Waals surface area contributed by atoms with Crippen LogP contribution >= 0.6 is 24.0 Å². The molecule has 0 saturated carbocycles. The summed E-state index contributed by atoms with van der Waals surface area (Å²) < 4.78 is 0.923. The summed E-state index contributed by atoms with van der Waals surface area (Å²) in [5, 5.41) is 9.00. The van der Waals surface area contributed by atoms with Crippen molar-refractivity contribution >= 4 is 45.3 Å². The minimum atomic E-state index is -1.04. The van der Waals surface area contributed by atoms with Crippen LogP contribution in [0.3, 0.4) is 0 Å². The molecule has 23 heavy (non-hydrogen) atoms. The highest BCUT2D eigenvalue weighted by Crippen LogP contribution is 2.35. The first kappa shape index (κ1) is 15.7. The minimum absolute atomic E-state index is 0.303. The van der Waals surface area contributed by atoms with Crippen molar-refractivity contribution in [3.63, 3.8) is 0 Å². The maximum Gasteiger partial charge on any atom is 0.304 e. The van der Waals surface area contributed by atoms with Gasteiger partial charge in [0.05, 0.1) is 22.6 Å². The molecule has 1 heterocycles. The third-order valence-corrected chi connectivity index (χ3v) is 4.94. The molecule has 3 rings (SSSR count). The van der Waals surface area contributed by atoms with Gasteiger partial charge in [0.2, 0.25) is 0 Å². The molecule has 0 aliphatic carbocycles. The van der Waals surface area contributed by atoms with Crippen molar-refractivity contribution in [2.24, 2.45) is 0 Å². The fourth-order valence-corrected chi connectivity index (χ4v) is 3.81. The van der Waals surface area contributed by atoms with E-state index in [9.17, 15) is 9.59 Å². The van der Waals surface area contributed by atoms with Gasteiger partial charge in [-0.2, -0.15) is 0 Å². The number of hydrogen-bond donors (Lipinski definition) is 2. The normalized spacial score (nSPS) is 12.2. The third-order valence-electron chi connectivity index (χ3n) is 3.50. The molecule has 0 aliphatic rings.